The molecule has 1 atom stereocenters. The van der Waals surface area contributed by atoms with Crippen LogP contribution in [-0.2, 0) is 4.74 Å². The third-order valence-corrected chi connectivity index (χ3v) is 3.32. The summed E-state index contributed by atoms with van der Waals surface area (Å²) in [7, 11) is 0. The lowest BCUT2D eigenvalue weighted by atomic mass is 9.95. The summed E-state index contributed by atoms with van der Waals surface area (Å²) in [5.74, 6) is 0.0207. The van der Waals surface area contributed by atoms with Gasteiger partial charge in [-0.15, -0.1) is 0 Å². The van der Waals surface area contributed by atoms with Gasteiger partial charge in [0.15, 0.2) is 5.82 Å². The monoisotopic (exact) mass is 294 g/mol. The third-order valence-electron chi connectivity index (χ3n) is 3.32. The predicted octanol–water partition coefficient (Wildman–Crippen LogP) is 1.47. The number of nitrogen functional groups attached to an aromatic ring is 1. The number of anilines is 1. The van der Waals surface area contributed by atoms with E-state index in [0.717, 1.165) is 12.8 Å². The normalized spacial score (nSPS) is 19.4. The van der Waals surface area contributed by atoms with Crippen LogP contribution in [0.1, 0.15) is 45.2 Å². The Labute approximate surface area is 123 Å². The summed E-state index contributed by atoms with van der Waals surface area (Å²) in [6.45, 7) is 6.72. The van der Waals surface area contributed by atoms with Crippen LogP contribution in [0, 0.1) is 0 Å². The van der Waals surface area contributed by atoms with Gasteiger partial charge in [0.1, 0.15) is 5.60 Å². The van der Waals surface area contributed by atoms with Crippen LogP contribution in [0.15, 0.2) is 11.0 Å². The molecule has 7 heteroatoms. The largest absolute Gasteiger partial charge is 0.444 e. The molecule has 1 fully saturated rings. The molecule has 0 aliphatic carbocycles. The number of H-pyrrole nitrogens is 1. The molecule has 1 aromatic rings. The summed E-state index contributed by atoms with van der Waals surface area (Å²) in [5, 5.41) is 0. The minimum Gasteiger partial charge on any atom is -0.444 e. The number of likely N-dealkylation sites (tertiary alicyclic amines) is 1. The molecule has 21 heavy (non-hydrogen) atoms. The van der Waals surface area contributed by atoms with Gasteiger partial charge >= 0.3 is 6.09 Å². The minimum absolute atomic E-state index is 0.0399. The topological polar surface area (TPSA) is 101 Å². The summed E-state index contributed by atoms with van der Waals surface area (Å²) < 4.78 is 5.39. The second kappa shape index (κ2) is 5.75. The van der Waals surface area contributed by atoms with Gasteiger partial charge in [-0.1, -0.05) is 0 Å². The molecule has 0 saturated carbocycles. The number of hydrogen-bond acceptors (Lipinski definition) is 5. The molecule has 2 rings (SSSR count). The van der Waals surface area contributed by atoms with E-state index in [0.29, 0.717) is 18.8 Å². The van der Waals surface area contributed by atoms with Gasteiger partial charge in [0.25, 0.3) is 5.56 Å². The highest BCUT2D eigenvalue weighted by Gasteiger charge is 2.29. The smallest absolute Gasteiger partial charge is 0.410 e. The van der Waals surface area contributed by atoms with Crippen LogP contribution in [0.3, 0.4) is 0 Å². The minimum atomic E-state index is -0.509. The van der Waals surface area contributed by atoms with Gasteiger partial charge in [-0.05, 0) is 33.6 Å². The second-order valence-electron chi connectivity index (χ2n) is 6.31. The lowest BCUT2D eigenvalue weighted by Crippen LogP contribution is -2.42. The van der Waals surface area contributed by atoms with E-state index in [1.165, 1.54) is 0 Å². The number of aromatic amines is 1. The zero-order valence-corrected chi connectivity index (χ0v) is 12.7. The van der Waals surface area contributed by atoms with Crippen molar-refractivity contribution in [3.8, 4) is 0 Å². The predicted molar refractivity (Wildman–Crippen MR) is 79.1 cm³/mol. The Balaban J connectivity index is 2.08. The maximum atomic E-state index is 12.1. The Morgan fingerprint density at radius 2 is 2.24 bits per heavy atom. The van der Waals surface area contributed by atoms with Crippen molar-refractivity contribution in [1.29, 1.82) is 0 Å². The van der Waals surface area contributed by atoms with Gasteiger partial charge in [0.05, 0.1) is 5.69 Å². The van der Waals surface area contributed by atoms with Crippen molar-refractivity contribution in [2.45, 2.75) is 45.1 Å². The van der Waals surface area contributed by atoms with Gasteiger partial charge in [-0.2, -0.15) is 0 Å². The Bertz CT molecular complexity index is 576. The number of nitrogens with one attached hydrogen (secondary N) is 1. The van der Waals surface area contributed by atoms with Crippen LogP contribution in [0.25, 0.3) is 0 Å². The summed E-state index contributed by atoms with van der Waals surface area (Å²) in [5.41, 5.74) is 5.35. The first-order chi connectivity index (χ1) is 9.76. The molecule has 1 aromatic heterocycles. The van der Waals surface area contributed by atoms with E-state index >= 15 is 0 Å². The Kier molecular flexibility index (Phi) is 4.20. The van der Waals surface area contributed by atoms with Gasteiger partial charge in [-0.3, -0.25) is 4.79 Å². The molecule has 3 N–H and O–H groups in total. The zero-order valence-electron chi connectivity index (χ0n) is 12.7. The lowest BCUT2D eigenvalue weighted by molar-refractivity contribution is 0.0197. The Hall–Kier alpha value is -2.05. The number of ether oxygens (including phenoxy) is 1. The number of carbonyl (C=O) groups is 1. The van der Waals surface area contributed by atoms with Crippen molar-refractivity contribution in [2.75, 3.05) is 18.8 Å². The number of piperidine rings is 1. The first kappa shape index (κ1) is 15.3. The molecule has 0 spiro atoms. The van der Waals surface area contributed by atoms with Crippen molar-refractivity contribution >= 4 is 11.9 Å². The zero-order chi connectivity index (χ0) is 15.6. The van der Waals surface area contributed by atoms with Gasteiger partial charge in [-0.25, -0.2) is 9.78 Å². The quantitative estimate of drug-likeness (QED) is 0.816. The summed E-state index contributed by atoms with van der Waals surface area (Å²) in [4.78, 5) is 31.7. The molecule has 1 amide bonds. The molecule has 1 aliphatic rings. The summed E-state index contributed by atoms with van der Waals surface area (Å²) >= 11 is 0. The molecular weight excluding hydrogens is 272 g/mol. The van der Waals surface area contributed by atoms with Gasteiger partial charge < -0.3 is 20.4 Å². The molecule has 116 valence electrons. The number of rotatable bonds is 1. The standard InChI is InChI=1S/C14H22N4O3/c1-14(2,3)21-13(20)18-6-4-5-9(8-18)10-7-16-12(19)11(15)17-10/h7,9H,4-6,8H2,1-3H3,(H2,15,17)(H,16,19). The van der Waals surface area contributed by atoms with Crippen molar-refractivity contribution in [3.63, 3.8) is 0 Å². The summed E-state index contributed by atoms with van der Waals surface area (Å²) in [6.07, 6.45) is 3.02. The van der Waals surface area contributed by atoms with Crippen molar-refractivity contribution in [3.05, 3.63) is 22.2 Å². The number of amides is 1. The van der Waals surface area contributed by atoms with E-state index < -0.39 is 11.2 Å². The molecule has 1 aliphatic heterocycles. The first-order valence-electron chi connectivity index (χ1n) is 7.09. The average molecular weight is 294 g/mol. The number of aromatic nitrogens is 2. The fraction of sp³-hybridized carbons (Fsp3) is 0.643. The average Bonchev–Trinajstić information content (AvgIpc) is 2.40. The van der Waals surface area contributed by atoms with Crippen LogP contribution >= 0.6 is 0 Å². The van der Waals surface area contributed by atoms with E-state index in [9.17, 15) is 9.59 Å². The van der Waals surface area contributed by atoms with E-state index in [-0.39, 0.29) is 17.8 Å². The van der Waals surface area contributed by atoms with Crippen LogP contribution < -0.4 is 11.3 Å². The molecule has 1 unspecified atom stereocenters. The van der Waals surface area contributed by atoms with E-state index in [1.54, 1.807) is 11.1 Å². The van der Waals surface area contributed by atoms with E-state index in [4.69, 9.17) is 10.5 Å². The SMILES string of the molecule is CC(C)(C)OC(=O)N1CCCC(c2c[nH]c(=O)c(N)n2)C1. The van der Waals surface area contributed by atoms with Crippen molar-refractivity contribution in [2.24, 2.45) is 0 Å². The lowest BCUT2D eigenvalue weighted by Gasteiger charge is -2.33. The highest BCUT2D eigenvalue weighted by atomic mass is 16.6. The molecule has 0 aromatic carbocycles. The fourth-order valence-corrected chi connectivity index (χ4v) is 2.36. The van der Waals surface area contributed by atoms with Crippen molar-refractivity contribution in [1.82, 2.24) is 14.9 Å². The molecule has 0 radical (unpaired) electrons. The highest BCUT2D eigenvalue weighted by Crippen LogP contribution is 2.26. The second-order valence-corrected chi connectivity index (χ2v) is 6.31. The molecular formula is C14H22N4O3. The molecule has 1 saturated heterocycles. The Morgan fingerprint density at radius 1 is 1.52 bits per heavy atom. The maximum absolute atomic E-state index is 12.1. The highest BCUT2D eigenvalue weighted by molar-refractivity contribution is 5.68. The first-order valence-corrected chi connectivity index (χ1v) is 7.09. The van der Waals surface area contributed by atoms with Crippen LogP contribution in [0.5, 0.6) is 0 Å². The maximum Gasteiger partial charge on any atom is 0.410 e. The number of hydrogen-bond donors (Lipinski definition) is 2. The van der Waals surface area contributed by atoms with Crippen LogP contribution in [-0.4, -0.2) is 39.7 Å². The number of nitrogens with zero attached hydrogens (tertiary/aromatic N) is 2. The summed E-state index contributed by atoms with van der Waals surface area (Å²) in [6, 6.07) is 0. The fourth-order valence-electron chi connectivity index (χ4n) is 2.36. The Morgan fingerprint density at radius 3 is 2.86 bits per heavy atom. The van der Waals surface area contributed by atoms with Gasteiger partial charge in [0.2, 0.25) is 0 Å². The third kappa shape index (κ3) is 3.96. The van der Waals surface area contributed by atoms with E-state index in [1.807, 2.05) is 20.8 Å². The molecule has 2 heterocycles. The number of carbonyl (C=O) groups excluding carboxylic acids is 1. The van der Waals surface area contributed by atoms with E-state index in [2.05, 4.69) is 9.97 Å². The van der Waals surface area contributed by atoms with Crippen molar-refractivity contribution < 1.29 is 9.53 Å². The van der Waals surface area contributed by atoms with Crippen LogP contribution in [0.2, 0.25) is 0 Å². The van der Waals surface area contributed by atoms with Gasteiger partial charge in [0, 0.05) is 25.2 Å². The molecule has 0 bridgehead atoms. The number of nitrogens with two attached hydrogens (primary N) is 1. The van der Waals surface area contributed by atoms with Crippen LogP contribution in [0.4, 0.5) is 10.6 Å². The molecule has 7 nitrogen and oxygen atoms in total.